The Balaban J connectivity index is 1.48. The maximum Gasteiger partial charge on any atom is 0.338 e. The summed E-state index contributed by atoms with van der Waals surface area (Å²) < 4.78 is 5.64. The number of aromatic hydroxyl groups is 3. The number of phenolic OH excluding ortho intramolecular Hbond substituents is 3. The molecule has 35 heavy (non-hydrogen) atoms. The molecule has 4 rings (SSSR count). The standard InChI is InChI=1S/C27H25NO7/c29-19-12-10-17(11-13-19)26(33)28-20-8-4-5-9-23(20)35-27(34)18-14-21(30)24(22(31)15-18)25(32)16-6-2-1-3-7-16/h1-3,6-7,10-15,20,23,29-31H,4-5,8-9H2,(H,28,33)/t20-,23-/m0/s1. The van der Waals surface area contributed by atoms with Gasteiger partial charge < -0.3 is 25.4 Å². The molecular weight excluding hydrogens is 450 g/mol. The van der Waals surface area contributed by atoms with E-state index in [-0.39, 0.29) is 28.3 Å². The van der Waals surface area contributed by atoms with Crippen LogP contribution in [-0.2, 0) is 4.74 Å². The first-order chi connectivity index (χ1) is 16.8. The van der Waals surface area contributed by atoms with E-state index < -0.39 is 35.4 Å². The summed E-state index contributed by atoms with van der Waals surface area (Å²) in [6.45, 7) is 0. The maximum atomic E-state index is 12.8. The Bertz CT molecular complexity index is 1220. The first-order valence-corrected chi connectivity index (χ1v) is 11.3. The van der Waals surface area contributed by atoms with Crippen LogP contribution in [0.25, 0.3) is 0 Å². The Kier molecular flexibility index (Phi) is 7.01. The number of amides is 1. The van der Waals surface area contributed by atoms with Crippen LogP contribution >= 0.6 is 0 Å². The first-order valence-electron chi connectivity index (χ1n) is 11.3. The lowest BCUT2D eigenvalue weighted by Crippen LogP contribution is -2.47. The van der Waals surface area contributed by atoms with Gasteiger partial charge >= 0.3 is 5.97 Å². The van der Waals surface area contributed by atoms with E-state index in [1.807, 2.05) is 0 Å². The predicted molar refractivity (Wildman–Crippen MR) is 127 cm³/mol. The van der Waals surface area contributed by atoms with Crippen molar-refractivity contribution >= 4 is 17.7 Å². The average Bonchev–Trinajstić information content (AvgIpc) is 2.85. The molecule has 0 heterocycles. The second kappa shape index (κ2) is 10.3. The zero-order valence-electron chi connectivity index (χ0n) is 18.8. The fourth-order valence-electron chi connectivity index (χ4n) is 4.17. The van der Waals surface area contributed by atoms with Crippen LogP contribution in [0.2, 0.25) is 0 Å². The number of ether oxygens (including phenoxy) is 1. The third-order valence-electron chi connectivity index (χ3n) is 6.00. The van der Waals surface area contributed by atoms with E-state index in [4.69, 9.17) is 4.74 Å². The number of carbonyl (C=O) groups excluding carboxylic acids is 3. The van der Waals surface area contributed by atoms with Gasteiger partial charge in [-0.2, -0.15) is 0 Å². The van der Waals surface area contributed by atoms with Crippen molar-refractivity contribution in [3.63, 3.8) is 0 Å². The van der Waals surface area contributed by atoms with E-state index in [0.29, 0.717) is 18.4 Å². The number of carbonyl (C=O) groups is 3. The van der Waals surface area contributed by atoms with Crippen molar-refractivity contribution < 1.29 is 34.4 Å². The van der Waals surface area contributed by atoms with Crippen molar-refractivity contribution in [2.24, 2.45) is 0 Å². The number of hydrogen-bond donors (Lipinski definition) is 4. The van der Waals surface area contributed by atoms with E-state index in [9.17, 15) is 29.7 Å². The molecule has 0 unspecified atom stereocenters. The zero-order valence-corrected chi connectivity index (χ0v) is 18.8. The molecule has 0 spiro atoms. The van der Waals surface area contributed by atoms with Crippen LogP contribution in [0.3, 0.4) is 0 Å². The molecule has 1 amide bonds. The lowest BCUT2D eigenvalue weighted by atomic mass is 9.92. The minimum Gasteiger partial charge on any atom is -0.508 e. The highest BCUT2D eigenvalue weighted by atomic mass is 16.5. The van der Waals surface area contributed by atoms with Crippen LogP contribution in [0.5, 0.6) is 17.2 Å². The molecule has 4 N–H and O–H groups in total. The summed E-state index contributed by atoms with van der Waals surface area (Å²) in [5.74, 6) is -2.74. The van der Waals surface area contributed by atoms with Crippen LogP contribution in [-0.4, -0.2) is 45.1 Å². The van der Waals surface area contributed by atoms with Crippen LogP contribution in [0.15, 0.2) is 66.7 Å². The van der Waals surface area contributed by atoms with Crippen molar-refractivity contribution in [2.75, 3.05) is 0 Å². The fourth-order valence-corrected chi connectivity index (χ4v) is 4.17. The summed E-state index contributed by atoms with van der Waals surface area (Å²) in [4.78, 5) is 38.1. The number of benzene rings is 3. The van der Waals surface area contributed by atoms with E-state index in [0.717, 1.165) is 25.0 Å². The molecular formula is C27H25NO7. The lowest BCUT2D eigenvalue weighted by molar-refractivity contribution is 0.00996. The highest BCUT2D eigenvalue weighted by Gasteiger charge is 2.31. The average molecular weight is 475 g/mol. The molecule has 1 saturated carbocycles. The first kappa shape index (κ1) is 23.8. The van der Waals surface area contributed by atoms with Crippen LogP contribution < -0.4 is 5.32 Å². The Morgan fingerprint density at radius 3 is 2.06 bits per heavy atom. The van der Waals surface area contributed by atoms with Crippen LogP contribution in [0.1, 0.15) is 62.3 Å². The van der Waals surface area contributed by atoms with Gasteiger partial charge in [0.2, 0.25) is 0 Å². The van der Waals surface area contributed by atoms with Crippen molar-refractivity contribution in [2.45, 2.75) is 37.8 Å². The molecule has 8 heteroatoms. The summed E-state index contributed by atoms with van der Waals surface area (Å²) in [7, 11) is 0. The monoisotopic (exact) mass is 475 g/mol. The second-order valence-corrected chi connectivity index (χ2v) is 8.44. The summed E-state index contributed by atoms with van der Waals surface area (Å²) in [5, 5.41) is 33.1. The molecule has 1 aliphatic carbocycles. The van der Waals surface area contributed by atoms with Gasteiger partial charge in [0.15, 0.2) is 5.78 Å². The highest BCUT2D eigenvalue weighted by molar-refractivity contribution is 6.13. The quantitative estimate of drug-likeness (QED) is 0.314. The molecule has 0 bridgehead atoms. The minimum atomic E-state index is -0.787. The normalized spacial score (nSPS) is 17.4. The molecule has 3 aromatic carbocycles. The van der Waals surface area contributed by atoms with Crippen LogP contribution in [0.4, 0.5) is 0 Å². The van der Waals surface area contributed by atoms with Crippen molar-refractivity contribution in [3.05, 3.63) is 89.0 Å². The van der Waals surface area contributed by atoms with Gasteiger partial charge in [-0.15, -0.1) is 0 Å². The number of esters is 1. The topological polar surface area (TPSA) is 133 Å². The number of hydrogen-bond acceptors (Lipinski definition) is 7. The van der Waals surface area contributed by atoms with Crippen molar-refractivity contribution in [3.8, 4) is 17.2 Å². The Labute approximate surface area is 201 Å². The maximum absolute atomic E-state index is 12.8. The third-order valence-corrected chi connectivity index (χ3v) is 6.00. The Morgan fingerprint density at radius 1 is 0.771 bits per heavy atom. The molecule has 0 aliphatic heterocycles. The number of nitrogens with one attached hydrogen (secondary N) is 1. The highest BCUT2D eigenvalue weighted by Crippen LogP contribution is 2.32. The molecule has 180 valence electrons. The fraction of sp³-hybridized carbons (Fsp3) is 0.222. The minimum absolute atomic E-state index is 0.0500. The van der Waals surface area contributed by atoms with Gasteiger partial charge in [0.05, 0.1) is 11.6 Å². The largest absolute Gasteiger partial charge is 0.508 e. The summed E-state index contributed by atoms with van der Waals surface area (Å²) in [6, 6.07) is 15.8. The molecule has 0 radical (unpaired) electrons. The zero-order chi connectivity index (χ0) is 24.9. The van der Waals surface area contributed by atoms with Gasteiger partial charge in [0.1, 0.15) is 28.9 Å². The Hall–Kier alpha value is -4.33. The van der Waals surface area contributed by atoms with Gasteiger partial charge in [-0.05, 0) is 55.7 Å². The SMILES string of the molecule is O=C(N[C@H]1CCCC[C@@H]1OC(=O)c1cc(O)c(C(=O)c2ccccc2)c(O)c1)c1ccc(O)cc1. The third kappa shape index (κ3) is 5.43. The molecule has 0 saturated heterocycles. The van der Waals surface area contributed by atoms with Gasteiger partial charge in [-0.25, -0.2) is 4.79 Å². The summed E-state index contributed by atoms with van der Waals surface area (Å²) in [5.41, 5.74) is 0.234. The van der Waals surface area contributed by atoms with E-state index in [1.54, 1.807) is 30.3 Å². The molecule has 1 aliphatic rings. The van der Waals surface area contributed by atoms with E-state index >= 15 is 0 Å². The number of phenols is 3. The number of ketones is 1. The molecule has 0 aromatic heterocycles. The van der Waals surface area contributed by atoms with Gasteiger partial charge in [-0.3, -0.25) is 9.59 Å². The van der Waals surface area contributed by atoms with E-state index in [2.05, 4.69) is 5.32 Å². The smallest absolute Gasteiger partial charge is 0.338 e. The number of rotatable bonds is 6. The van der Waals surface area contributed by atoms with Gasteiger partial charge in [-0.1, -0.05) is 36.8 Å². The van der Waals surface area contributed by atoms with Gasteiger partial charge in [0, 0.05) is 11.1 Å². The van der Waals surface area contributed by atoms with Gasteiger partial charge in [0.25, 0.3) is 5.91 Å². The van der Waals surface area contributed by atoms with Crippen LogP contribution in [0, 0.1) is 0 Å². The molecule has 3 aromatic rings. The molecule has 2 atom stereocenters. The Morgan fingerprint density at radius 2 is 1.40 bits per heavy atom. The van der Waals surface area contributed by atoms with Crippen molar-refractivity contribution in [1.29, 1.82) is 0 Å². The second-order valence-electron chi connectivity index (χ2n) is 8.44. The van der Waals surface area contributed by atoms with E-state index in [1.165, 1.54) is 24.3 Å². The summed E-state index contributed by atoms with van der Waals surface area (Å²) in [6.07, 6.45) is 2.21. The predicted octanol–water partition coefficient (Wildman–Crippen LogP) is 3.93. The molecule has 1 fully saturated rings. The lowest BCUT2D eigenvalue weighted by Gasteiger charge is -2.31. The summed E-state index contributed by atoms with van der Waals surface area (Å²) >= 11 is 0. The van der Waals surface area contributed by atoms with Crippen molar-refractivity contribution in [1.82, 2.24) is 5.32 Å². The molecule has 8 nitrogen and oxygen atoms in total.